The predicted octanol–water partition coefficient (Wildman–Crippen LogP) is 1.14. The predicted molar refractivity (Wildman–Crippen MR) is 72.0 cm³/mol. The van der Waals surface area contributed by atoms with Crippen molar-refractivity contribution in [2.45, 2.75) is 12.1 Å². The van der Waals surface area contributed by atoms with E-state index in [-0.39, 0.29) is 0 Å². The summed E-state index contributed by atoms with van der Waals surface area (Å²) in [5.41, 5.74) is 6.93. The Morgan fingerprint density at radius 1 is 1.44 bits per heavy atom. The number of hydrogen-bond donors (Lipinski definition) is 3. The summed E-state index contributed by atoms with van der Waals surface area (Å²) in [6.45, 7) is -0.616. The molecule has 0 saturated heterocycles. The Balaban J connectivity index is 2.82. The largest absolute Gasteiger partial charge is 0.403 e. The highest BCUT2D eigenvalue weighted by atomic mass is 19.1. The maximum absolute atomic E-state index is 12.6. The van der Waals surface area contributed by atoms with Crippen LogP contribution in [-0.2, 0) is 0 Å². The molecule has 1 aromatic carbocycles. The summed E-state index contributed by atoms with van der Waals surface area (Å²) in [6.07, 6.45) is 2.32. The van der Waals surface area contributed by atoms with E-state index < -0.39 is 18.8 Å². The molecule has 0 aliphatic heterocycles. The van der Waals surface area contributed by atoms with Crippen LogP contribution in [0.2, 0.25) is 0 Å². The standard InChI is InChI=1S/C13H20FN3O/c1-16-12(9-14)13(18)10-3-5-11(6-4-10)17(2)8-7-15/h3-8,12-13,16,18H,9,15H2,1-2H3/b8-7-. The van der Waals surface area contributed by atoms with Crippen LogP contribution in [-0.4, -0.2) is 31.9 Å². The van der Waals surface area contributed by atoms with Crippen LogP contribution in [0.1, 0.15) is 11.7 Å². The zero-order valence-corrected chi connectivity index (χ0v) is 10.7. The van der Waals surface area contributed by atoms with Crippen LogP contribution in [0.15, 0.2) is 36.7 Å². The quantitative estimate of drug-likeness (QED) is 0.711. The maximum atomic E-state index is 12.6. The number of nitrogens with zero attached hydrogens (tertiary/aromatic N) is 1. The first-order chi connectivity index (χ1) is 8.63. The molecule has 0 spiro atoms. The van der Waals surface area contributed by atoms with Crippen LogP contribution < -0.4 is 16.0 Å². The molecule has 18 heavy (non-hydrogen) atoms. The minimum absolute atomic E-state index is 0.586. The van der Waals surface area contributed by atoms with Gasteiger partial charge in [-0.1, -0.05) is 12.1 Å². The third kappa shape index (κ3) is 3.45. The van der Waals surface area contributed by atoms with Crippen molar-refractivity contribution in [1.82, 2.24) is 5.32 Å². The van der Waals surface area contributed by atoms with Gasteiger partial charge in [-0.3, -0.25) is 0 Å². The Morgan fingerprint density at radius 3 is 2.50 bits per heavy atom. The Kier molecular flexibility index (Phi) is 5.61. The number of benzene rings is 1. The zero-order chi connectivity index (χ0) is 13.5. The van der Waals surface area contributed by atoms with E-state index in [2.05, 4.69) is 5.32 Å². The number of rotatable bonds is 6. The topological polar surface area (TPSA) is 61.5 Å². The van der Waals surface area contributed by atoms with Crippen molar-refractivity contribution < 1.29 is 9.50 Å². The highest BCUT2D eigenvalue weighted by molar-refractivity contribution is 5.49. The number of nitrogens with two attached hydrogens (primary N) is 1. The minimum Gasteiger partial charge on any atom is -0.403 e. The number of aliphatic hydroxyl groups excluding tert-OH is 1. The van der Waals surface area contributed by atoms with Crippen LogP contribution >= 0.6 is 0 Å². The summed E-state index contributed by atoms with van der Waals surface area (Å²) in [4.78, 5) is 1.85. The minimum atomic E-state index is -0.857. The summed E-state index contributed by atoms with van der Waals surface area (Å²) in [7, 11) is 3.49. The van der Waals surface area contributed by atoms with Gasteiger partial charge in [-0.05, 0) is 24.7 Å². The second-order valence-electron chi connectivity index (χ2n) is 4.04. The smallest absolute Gasteiger partial charge is 0.108 e. The zero-order valence-electron chi connectivity index (χ0n) is 10.7. The Hall–Kier alpha value is -1.59. The number of hydrogen-bond acceptors (Lipinski definition) is 4. The second kappa shape index (κ2) is 6.98. The highest BCUT2D eigenvalue weighted by Gasteiger charge is 2.18. The molecule has 5 heteroatoms. The third-order valence-electron chi connectivity index (χ3n) is 2.87. The van der Waals surface area contributed by atoms with Crippen molar-refractivity contribution in [3.8, 4) is 0 Å². The molecule has 0 radical (unpaired) electrons. The summed E-state index contributed by atoms with van der Waals surface area (Å²) in [6, 6.07) is 6.67. The number of halogens is 1. The van der Waals surface area contributed by atoms with Crippen LogP contribution in [0.5, 0.6) is 0 Å². The summed E-state index contributed by atoms with van der Waals surface area (Å²) < 4.78 is 12.6. The fraction of sp³-hybridized carbons (Fsp3) is 0.385. The molecule has 0 aliphatic rings. The van der Waals surface area contributed by atoms with Crippen molar-refractivity contribution >= 4 is 5.69 Å². The first kappa shape index (κ1) is 14.5. The lowest BCUT2D eigenvalue weighted by Crippen LogP contribution is -2.34. The average Bonchev–Trinajstić information content (AvgIpc) is 2.40. The van der Waals surface area contributed by atoms with Crippen molar-refractivity contribution in [3.63, 3.8) is 0 Å². The van der Waals surface area contributed by atoms with E-state index >= 15 is 0 Å². The molecular formula is C13H20FN3O. The SMILES string of the molecule is CNC(CF)C(O)c1ccc(N(C)/C=C\N)cc1. The van der Waals surface area contributed by atoms with E-state index in [9.17, 15) is 9.50 Å². The first-order valence-electron chi connectivity index (χ1n) is 5.76. The lowest BCUT2D eigenvalue weighted by atomic mass is 10.0. The monoisotopic (exact) mass is 253 g/mol. The van der Waals surface area contributed by atoms with Gasteiger partial charge in [0.1, 0.15) is 6.67 Å². The fourth-order valence-corrected chi connectivity index (χ4v) is 1.67. The lowest BCUT2D eigenvalue weighted by Gasteiger charge is -2.21. The molecule has 4 N–H and O–H groups in total. The van der Waals surface area contributed by atoms with Gasteiger partial charge in [-0.2, -0.15) is 0 Å². The summed E-state index contributed by atoms with van der Waals surface area (Å²) in [5.74, 6) is 0. The molecule has 2 atom stereocenters. The van der Waals surface area contributed by atoms with Gasteiger partial charge in [-0.25, -0.2) is 4.39 Å². The van der Waals surface area contributed by atoms with E-state index in [1.807, 2.05) is 24.1 Å². The molecule has 0 aliphatic carbocycles. The fourth-order valence-electron chi connectivity index (χ4n) is 1.67. The van der Waals surface area contributed by atoms with Gasteiger partial charge in [0.2, 0.25) is 0 Å². The molecule has 0 heterocycles. The molecule has 0 aromatic heterocycles. The second-order valence-corrected chi connectivity index (χ2v) is 4.04. The Labute approximate surface area is 107 Å². The van der Waals surface area contributed by atoms with Gasteiger partial charge >= 0.3 is 0 Å². The Bertz CT molecular complexity index is 376. The molecule has 4 nitrogen and oxygen atoms in total. The molecule has 0 fully saturated rings. The first-order valence-corrected chi connectivity index (χ1v) is 5.76. The number of likely N-dealkylation sites (N-methyl/N-ethyl adjacent to an activating group) is 1. The number of nitrogens with one attached hydrogen (secondary N) is 1. The average molecular weight is 253 g/mol. The van der Waals surface area contributed by atoms with Gasteiger partial charge in [0.15, 0.2) is 0 Å². The van der Waals surface area contributed by atoms with Crippen LogP contribution in [0, 0.1) is 0 Å². The third-order valence-corrected chi connectivity index (χ3v) is 2.87. The molecule has 0 saturated carbocycles. The molecule has 2 unspecified atom stereocenters. The Morgan fingerprint density at radius 2 is 2.06 bits per heavy atom. The molecule has 0 bridgehead atoms. The number of aliphatic hydroxyl groups is 1. The van der Waals surface area contributed by atoms with E-state index in [4.69, 9.17) is 5.73 Å². The molecular weight excluding hydrogens is 233 g/mol. The van der Waals surface area contributed by atoms with Crippen LogP contribution in [0.4, 0.5) is 10.1 Å². The molecule has 100 valence electrons. The highest BCUT2D eigenvalue weighted by Crippen LogP contribution is 2.21. The van der Waals surface area contributed by atoms with Crippen LogP contribution in [0.25, 0.3) is 0 Å². The van der Waals surface area contributed by atoms with Crippen molar-refractivity contribution in [2.75, 3.05) is 25.7 Å². The van der Waals surface area contributed by atoms with Crippen molar-refractivity contribution in [1.29, 1.82) is 0 Å². The van der Waals surface area contributed by atoms with Gasteiger partial charge in [0.25, 0.3) is 0 Å². The van der Waals surface area contributed by atoms with Crippen molar-refractivity contribution in [2.24, 2.45) is 5.73 Å². The molecule has 0 amide bonds. The normalized spacial score (nSPS) is 14.7. The van der Waals surface area contributed by atoms with Gasteiger partial charge in [0.05, 0.1) is 12.1 Å². The van der Waals surface area contributed by atoms with E-state index in [1.54, 1.807) is 25.4 Å². The van der Waals surface area contributed by atoms with E-state index in [0.29, 0.717) is 5.56 Å². The number of anilines is 1. The van der Waals surface area contributed by atoms with Crippen LogP contribution in [0.3, 0.4) is 0 Å². The van der Waals surface area contributed by atoms with E-state index in [0.717, 1.165) is 5.69 Å². The summed E-state index contributed by atoms with van der Waals surface area (Å²) in [5, 5.41) is 12.7. The van der Waals surface area contributed by atoms with Gasteiger partial charge in [0, 0.05) is 25.1 Å². The van der Waals surface area contributed by atoms with Crippen molar-refractivity contribution in [3.05, 3.63) is 42.2 Å². The van der Waals surface area contributed by atoms with Gasteiger partial charge in [-0.15, -0.1) is 0 Å². The molecule has 1 aromatic rings. The van der Waals surface area contributed by atoms with Gasteiger partial charge < -0.3 is 21.1 Å². The maximum Gasteiger partial charge on any atom is 0.108 e. The summed E-state index contributed by atoms with van der Waals surface area (Å²) >= 11 is 0. The lowest BCUT2D eigenvalue weighted by molar-refractivity contribution is 0.117. The van der Waals surface area contributed by atoms with E-state index in [1.165, 1.54) is 6.20 Å². The molecule has 1 rings (SSSR count). The number of alkyl halides is 1.